The minimum atomic E-state index is -0.815. The molecule has 0 aliphatic carbocycles. The van der Waals surface area contributed by atoms with Gasteiger partial charge in [0, 0.05) is 11.6 Å². The first-order valence-electron chi connectivity index (χ1n) is 7.42. The molecule has 2 rings (SSSR count). The minimum absolute atomic E-state index is 0.0116. The van der Waals surface area contributed by atoms with Crippen molar-refractivity contribution in [3.8, 4) is 0 Å². The number of carbonyl (C=O) groups excluding carboxylic acids is 2. The van der Waals surface area contributed by atoms with Gasteiger partial charge in [-0.25, -0.2) is 4.79 Å². The Hall–Kier alpha value is -3.17. The van der Waals surface area contributed by atoms with Crippen molar-refractivity contribution in [2.45, 2.75) is 32.9 Å². The number of benzene rings is 1. The number of oxazole rings is 1. The number of hydrogen-bond donors (Lipinski definition) is 2. The summed E-state index contributed by atoms with van der Waals surface area (Å²) in [4.78, 5) is 45.6. The van der Waals surface area contributed by atoms with Gasteiger partial charge in [0.25, 0.3) is 5.69 Å². The zero-order valence-corrected chi connectivity index (χ0v) is 14.0. The fraction of sp³-hybridized carbons (Fsp3) is 0.400. The van der Waals surface area contributed by atoms with Crippen LogP contribution in [0.3, 0.4) is 0 Å². The van der Waals surface area contributed by atoms with Gasteiger partial charge in [0.05, 0.1) is 23.1 Å². The van der Waals surface area contributed by atoms with E-state index in [2.05, 4.69) is 10.6 Å². The number of nitrogens with one attached hydrogen (secondary N) is 2. The maximum absolute atomic E-state index is 12.0. The molecular formula is C15H18N4O6. The average molecular weight is 350 g/mol. The molecule has 0 spiro atoms. The fourth-order valence-corrected chi connectivity index (χ4v) is 2.16. The van der Waals surface area contributed by atoms with Gasteiger partial charge in [0.2, 0.25) is 11.8 Å². The van der Waals surface area contributed by atoms with Crippen molar-refractivity contribution in [1.82, 2.24) is 15.2 Å². The Labute approximate surface area is 141 Å². The van der Waals surface area contributed by atoms with Crippen molar-refractivity contribution in [1.29, 1.82) is 0 Å². The van der Waals surface area contributed by atoms with Crippen molar-refractivity contribution in [3.63, 3.8) is 0 Å². The summed E-state index contributed by atoms with van der Waals surface area (Å²) >= 11 is 0. The van der Waals surface area contributed by atoms with Crippen molar-refractivity contribution in [2.75, 3.05) is 6.54 Å². The van der Waals surface area contributed by atoms with E-state index >= 15 is 0 Å². The Morgan fingerprint density at radius 3 is 2.56 bits per heavy atom. The number of nitro benzene ring substituents is 1. The number of nitro groups is 1. The molecule has 1 aromatic carbocycles. The number of aromatic nitrogens is 1. The van der Waals surface area contributed by atoms with Crippen LogP contribution in [0.15, 0.2) is 27.4 Å². The predicted molar refractivity (Wildman–Crippen MR) is 88.0 cm³/mol. The maximum atomic E-state index is 12.0. The Morgan fingerprint density at radius 1 is 1.28 bits per heavy atom. The summed E-state index contributed by atoms with van der Waals surface area (Å²) < 4.78 is 5.96. The molecule has 10 nitrogen and oxygen atoms in total. The Kier molecular flexibility index (Phi) is 4.91. The van der Waals surface area contributed by atoms with Crippen LogP contribution in [0.2, 0.25) is 0 Å². The first-order valence-corrected chi connectivity index (χ1v) is 7.42. The lowest BCUT2D eigenvalue weighted by molar-refractivity contribution is -0.384. The van der Waals surface area contributed by atoms with Gasteiger partial charge in [-0.3, -0.25) is 24.3 Å². The number of hydrogen-bond acceptors (Lipinski definition) is 6. The number of carbonyl (C=O) groups is 2. The van der Waals surface area contributed by atoms with E-state index in [1.807, 2.05) is 20.8 Å². The molecule has 0 bridgehead atoms. The van der Waals surface area contributed by atoms with Gasteiger partial charge < -0.3 is 15.1 Å². The number of rotatable bonds is 5. The second-order valence-electron chi connectivity index (χ2n) is 6.44. The van der Waals surface area contributed by atoms with Gasteiger partial charge in [-0.1, -0.05) is 0 Å². The van der Waals surface area contributed by atoms with Crippen molar-refractivity contribution in [3.05, 3.63) is 38.9 Å². The molecule has 25 heavy (non-hydrogen) atoms. The summed E-state index contributed by atoms with van der Waals surface area (Å²) in [5.41, 5.74) is -0.382. The van der Waals surface area contributed by atoms with Crippen LogP contribution in [0, 0.1) is 10.1 Å². The van der Waals surface area contributed by atoms with Crippen molar-refractivity contribution in [2.24, 2.45) is 0 Å². The standard InChI is InChI=1S/C15H18N4O6/c1-15(2,3)17-12(20)7-16-13(21)8-18-10-5-4-9(19(23)24)6-11(10)25-14(18)22/h4-6H,7-8H2,1-3H3,(H,16,21)(H,17,20). The number of amides is 2. The zero-order valence-electron chi connectivity index (χ0n) is 14.0. The van der Waals surface area contributed by atoms with Crippen molar-refractivity contribution < 1.29 is 18.9 Å². The monoisotopic (exact) mass is 350 g/mol. The van der Waals surface area contributed by atoms with Crippen LogP contribution in [0.1, 0.15) is 20.8 Å². The maximum Gasteiger partial charge on any atom is 0.420 e. The number of fused-ring (bicyclic) bond motifs is 1. The topological polar surface area (TPSA) is 136 Å². The van der Waals surface area contributed by atoms with E-state index < -0.39 is 22.1 Å². The molecule has 1 heterocycles. The summed E-state index contributed by atoms with van der Waals surface area (Å²) in [6, 6.07) is 3.66. The van der Waals surface area contributed by atoms with Gasteiger partial charge >= 0.3 is 5.76 Å². The summed E-state index contributed by atoms with van der Waals surface area (Å²) in [6.45, 7) is 4.83. The molecule has 0 aliphatic rings. The molecule has 0 unspecified atom stereocenters. The predicted octanol–water partition coefficient (Wildman–Crippen LogP) is 0.534. The quantitative estimate of drug-likeness (QED) is 0.596. The molecule has 0 aliphatic heterocycles. The highest BCUT2D eigenvalue weighted by molar-refractivity contribution is 5.86. The van der Waals surface area contributed by atoms with Crippen LogP contribution < -0.4 is 16.4 Å². The Balaban J connectivity index is 2.08. The third-order valence-electron chi connectivity index (χ3n) is 3.12. The molecular weight excluding hydrogens is 332 g/mol. The lowest BCUT2D eigenvalue weighted by Gasteiger charge is -2.20. The molecule has 10 heteroatoms. The lowest BCUT2D eigenvalue weighted by Crippen LogP contribution is -2.46. The Bertz CT molecular complexity index is 890. The molecule has 2 aromatic rings. The molecule has 0 atom stereocenters. The summed E-state index contributed by atoms with van der Waals surface area (Å²) in [6.07, 6.45) is 0. The second-order valence-corrected chi connectivity index (χ2v) is 6.44. The van der Waals surface area contributed by atoms with E-state index in [9.17, 15) is 24.5 Å². The first kappa shape index (κ1) is 18.2. The van der Waals surface area contributed by atoms with Crippen LogP contribution in [-0.4, -0.2) is 33.4 Å². The molecule has 2 amide bonds. The minimum Gasteiger partial charge on any atom is -0.407 e. The van der Waals surface area contributed by atoms with E-state index in [0.717, 1.165) is 10.6 Å². The molecule has 0 saturated heterocycles. The molecule has 2 N–H and O–H groups in total. The summed E-state index contributed by atoms with van der Waals surface area (Å²) in [5, 5.41) is 15.8. The van der Waals surface area contributed by atoms with Crippen LogP contribution in [0.5, 0.6) is 0 Å². The van der Waals surface area contributed by atoms with Crippen LogP contribution in [0.4, 0.5) is 5.69 Å². The summed E-state index contributed by atoms with van der Waals surface area (Å²) in [7, 11) is 0. The van der Waals surface area contributed by atoms with E-state index in [-0.39, 0.29) is 35.8 Å². The van der Waals surface area contributed by atoms with Gasteiger partial charge in [-0.05, 0) is 26.8 Å². The second kappa shape index (κ2) is 6.75. The molecule has 134 valence electrons. The van der Waals surface area contributed by atoms with Gasteiger partial charge in [0.1, 0.15) is 6.54 Å². The highest BCUT2D eigenvalue weighted by Gasteiger charge is 2.17. The van der Waals surface area contributed by atoms with E-state index in [1.165, 1.54) is 12.1 Å². The molecule has 0 radical (unpaired) electrons. The van der Waals surface area contributed by atoms with Gasteiger partial charge in [0.15, 0.2) is 5.58 Å². The Morgan fingerprint density at radius 2 is 1.96 bits per heavy atom. The van der Waals surface area contributed by atoms with Crippen LogP contribution in [0.25, 0.3) is 11.1 Å². The van der Waals surface area contributed by atoms with E-state index in [4.69, 9.17) is 4.42 Å². The smallest absolute Gasteiger partial charge is 0.407 e. The normalized spacial score (nSPS) is 11.3. The fourth-order valence-electron chi connectivity index (χ4n) is 2.16. The largest absolute Gasteiger partial charge is 0.420 e. The van der Waals surface area contributed by atoms with Crippen LogP contribution >= 0.6 is 0 Å². The first-order chi connectivity index (χ1) is 11.6. The third-order valence-corrected chi connectivity index (χ3v) is 3.12. The third kappa shape index (κ3) is 4.66. The van der Waals surface area contributed by atoms with E-state index in [0.29, 0.717) is 0 Å². The average Bonchev–Trinajstić information content (AvgIpc) is 2.78. The SMILES string of the molecule is CC(C)(C)NC(=O)CNC(=O)Cn1c(=O)oc2cc([N+](=O)[O-])ccc21. The van der Waals surface area contributed by atoms with Crippen LogP contribution in [-0.2, 0) is 16.1 Å². The number of nitrogens with zero attached hydrogens (tertiary/aromatic N) is 2. The van der Waals surface area contributed by atoms with Gasteiger partial charge in [-0.2, -0.15) is 0 Å². The number of non-ortho nitro benzene ring substituents is 1. The molecule has 0 fully saturated rings. The van der Waals surface area contributed by atoms with E-state index in [1.54, 1.807) is 0 Å². The van der Waals surface area contributed by atoms with Crippen molar-refractivity contribution >= 4 is 28.6 Å². The highest BCUT2D eigenvalue weighted by Crippen LogP contribution is 2.19. The lowest BCUT2D eigenvalue weighted by atomic mass is 10.1. The molecule has 1 aromatic heterocycles. The van der Waals surface area contributed by atoms with Gasteiger partial charge in [-0.15, -0.1) is 0 Å². The summed E-state index contributed by atoms with van der Waals surface area (Å²) in [5.74, 6) is -1.74. The molecule has 0 saturated carbocycles. The zero-order chi connectivity index (χ0) is 18.8. The highest BCUT2D eigenvalue weighted by atomic mass is 16.6.